The Morgan fingerprint density at radius 2 is 1.61 bits per heavy atom. The van der Waals surface area contributed by atoms with Gasteiger partial charge in [0.15, 0.2) is 0 Å². The molecule has 1 aromatic heterocycles. The fraction of sp³-hybridized carbons (Fsp3) is 0.409. The van der Waals surface area contributed by atoms with Crippen LogP contribution in [0.3, 0.4) is 0 Å². The molecule has 1 aromatic carbocycles. The molecule has 0 atom stereocenters. The number of nitrogens with zero attached hydrogens (tertiary/aromatic N) is 1. The van der Waals surface area contributed by atoms with Gasteiger partial charge in [0.25, 0.3) is 11.7 Å². The molecule has 0 aliphatic rings. The Hall–Kier alpha value is -2.89. The Labute approximate surface area is 165 Å². The first-order valence-electron chi connectivity index (χ1n) is 9.52. The van der Waals surface area contributed by atoms with E-state index in [1.807, 2.05) is 45.9 Å². The largest absolute Gasteiger partial charge is 0.462 e. The van der Waals surface area contributed by atoms with Gasteiger partial charge < -0.3 is 14.6 Å². The second-order valence-electron chi connectivity index (χ2n) is 7.19. The van der Waals surface area contributed by atoms with Crippen LogP contribution < -0.4 is 0 Å². The van der Waals surface area contributed by atoms with Gasteiger partial charge in [0.1, 0.15) is 5.69 Å². The highest BCUT2D eigenvalue weighted by Gasteiger charge is 2.33. The maximum atomic E-state index is 13.2. The van der Waals surface area contributed by atoms with E-state index in [1.165, 1.54) is 4.90 Å². The molecule has 0 aliphatic heterocycles. The molecule has 1 amide bonds. The maximum absolute atomic E-state index is 13.2. The lowest BCUT2D eigenvalue weighted by atomic mass is 9.98. The van der Waals surface area contributed by atoms with Crippen LogP contribution in [-0.4, -0.2) is 46.2 Å². The summed E-state index contributed by atoms with van der Waals surface area (Å²) in [4.78, 5) is 43.2. The number of carbonyl (C=O) groups is 3. The molecule has 1 heterocycles. The molecule has 6 nitrogen and oxygen atoms in total. The van der Waals surface area contributed by atoms with Gasteiger partial charge >= 0.3 is 5.97 Å². The Balaban J connectivity index is 2.64. The van der Waals surface area contributed by atoms with Gasteiger partial charge in [-0.25, -0.2) is 4.79 Å². The summed E-state index contributed by atoms with van der Waals surface area (Å²) in [6, 6.07) is 8.83. The van der Waals surface area contributed by atoms with Crippen LogP contribution in [0.1, 0.15) is 61.2 Å². The minimum absolute atomic E-state index is 0.114. The van der Waals surface area contributed by atoms with Gasteiger partial charge in [0, 0.05) is 23.3 Å². The Morgan fingerprint density at radius 3 is 2.11 bits per heavy atom. The van der Waals surface area contributed by atoms with Gasteiger partial charge in [-0.05, 0) is 47.1 Å². The maximum Gasteiger partial charge on any atom is 0.340 e. The summed E-state index contributed by atoms with van der Waals surface area (Å²) in [5.74, 6) is -1.79. The predicted octanol–water partition coefficient (Wildman–Crippen LogP) is 3.99. The zero-order valence-electron chi connectivity index (χ0n) is 17.3. The fourth-order valence-electron chi connectivity index (χ4n) is 3.44. The van der Waals surface area contributed by atoms with E-state index in [1.54, 1.807) is 26.0 Å². The van der Waals surface area contributed by atoms with E-state index in [4.69, 9.17) is 4.74 Å². The van der Waals surface area contributed by atoms with Crippen molar-refractivity contribution in [2.75, 3.05) is 6.61 Å². The number of ether oxygens (including phenoxy) is 1. The van der Waals surface area contributed by atoms with E-state index in [0.29, 0.717) is 16.8 Å². The van der Waals surface area contributed by atoms with Crippen molar-refractivity contribution in [3.8, 4) is 11.1 Å². The number of carbonyl (C=O) groups excluding carboxylic acids is 3. The number of rotatable bonds is 7. The van der Waals surface area contributed by atoms with E-state index >= 15 is 0 Å². The SMILES string of the molecule is CCOC(=O)c1c(C)[nH]c(C(=O)C(=O)N(C(C)C)C(C)C)c1-c1ccccc1. The molecule has 0 saturated heterocycles. The zero-order chi connectivity index (χ0) is 21.0. The summed E-state index contributed by atoms with van der Waals surface area (Å²) >= 11 is 0. The first-order valence-corrected chi connectivity index (χ1v) is 9.52. The van der Waals surface area contributed by atoms with Gasteiger partial charge in [-0.3, -0.25) is 9.59 Å². The van der Waals surface area contributed by atoms with E-state index in [-0.39, 0.29) is 29.9 Å². The van der Waals surface area contributed by atoms with Crippen molar-refractivity contribution in [2.45, 2.75) is 53.6 Å². The molecule has 0 spiro atoms. The van der Waals surface area contributed by atoms with E-state index in [2.05, 4.69) is 4.98 Å². The molecule has 2 aromatic rings. The molecule has 0 saturated carbocycles. The van der Waals surface area contributed by atoms with Crippen LogP contribution in [0.15, 0.2) is 30.3 Å². The van der Waals surface area contributed by atoms with Crippen LogP contribution in [0.2, 0.25) is 0 Å². The third kappa shape index (κ3) is 4.16. The molecule has 28 heavy (non-hydrogen) atoms. The van der Waals surface area contributed by atoms with E-state index in [9.17, 15) is 14.4 Å². The lowest BCUT2D eigenvalue weighted by Crippen LogP contribution is -2.45. The quantitative estimate of drug-likeness (QED) is 0.445. The first kappa shape index (κ1) is 21.4. The standard InChI is InChI=1S/C22H28N2O4/c1-7-28-22(27)17-15(6)23-19(18(17)16-11-9-8-10-12-16)20(25)21(26)24(13(2)3)14(4)5/h8-14,23H,7H2,1-6H3. The fourth-order valence-corrected chi connectivity index (χ4v) is 3.44. The predicted molar refractivity (Wildman–Crippen MR) is 108 cm³/mol. The number of amides is 1. The van der Waals surface area contributed by atoms with Crippen molar-refractivity contribution >= 4 is 17.7 Å². The van der Waals surface area contributed by atoms with Crippen LogP contribution in [0.5, 0.6) is 0 Å². The van der Waals surface area contributed by atoms with Gasteiger partial charge in [-0.2, -0.15) is 0 Å². The summed E-state index contributed by atoms with van der Waals surface area (Å²) < 4.78 is 5.18. The Morgan fingerprint density at radius 1 is 1.04 bits per heavy atom. The smallest absolute Gasteiger partial charge is 0.340 e. The molecule has 0 bridgehead atoms. The minimum atomic E-state index is -0.667. The number of H-pyrrole nitrogens is 1. The van der Waals surface area contributed by atoms with Crippen LogP contribution in [0.25, 0.3) is 11.1 Å². The van der Waals surface area contributed by atoms with Gasteiger partial charge in [0.05, 0.1) is 12.2 Å². The topological polar surface area (TPSA) is 79.5 Å². The number of esters is 1. The molecule has 6 heteroatoms. The van der Waals surface area contributed by atoms with Crippen LogP contribution in [0.4, 0.5) is 0 Å². The van der Waals surface area contributed by atoms with Gasteiger partial charge in [-0.1, -0.05) is 30.3 Å². The normalized spacial score (nSPS) is 11.0. The molecule has 0 fully saturated rings. The summed E-state index contributed by atoms with van der Waals surface area (Å²) in [7, 11) is 0. The number of nitrogens with one attached hydrogen (secondary N) is 1. The molecule has 0 aliphatic carbocycles. The van der Waals surface area contributed by atoms with E-state index < -0.39 is 17.7 Å². The molecule has 1 N–H and O–H groups in total. The Bertz CT molecular complexity index is 858. The number of ketones is 1. The summed E-state index contributed by atoms with van der Waals surface area (Å²) in [6.07, 6.45) is 0. The van der Waals surface area contributed by atoms with Crippen molar-refractivity contribution in [1.82, 2.24) is 9.88 Å². The van der Waals surface area contributed by atoms with Gasteiger partial charge in [-0.15, -0.1) is 0 Å². The number of benzene rings is 1. The monoisotopic (exact) mass is 384 g/mol. The van der Waals surface area contributed by atoms with E-state index in [0.717, 1.165) is 0 Å². The third-order valence-corrected chi connectivity index (χ3v) is 4.50. The highest BCUT2D eigenvalue weighted by atomic mass is 16.5. The van der Waals surface area contributed by atoms with Crippen molar-refractivity contribution in [3.63, 3.8) is 0 Å². The highest BCUT2D eigenvalue weighted by Crippen LogP contribution is 2.32. The van der Waals surface area contributed by atoms with Crippen LogP contribution in [0, 0.1) is 6.92 Å². The van der Waals surface area contributed by atoms with Crippen molar-refractivity contribution in [1.29, 1.82) is 0 Å². The molecular weight excluding hydrogens is 356 g/mol. The molecule has 0 radical (unpaired) electrons. The van der Waals surface area contributed by atoms with Gasteiger partial charge in [0.2, 0.25) is 0 Å². The lowest BCUT2D eigenvalue weighted by Gasteiger charge is -2.30. The number of aryl methyl sites for hydroxylation is 1. The van der Waals surface area contributed by atoms with Crippen molar-refractivity contribution < 1.29 is 19.1 Å². The minimum Gasteiger partial charge on any atom is -0.462 e. The summed E-state index contributed by atoms with van der Waals surface area (Å²) in [6.45, 7) is 11.1. The number of hydrogen-bond donors (Lipinski definition) is 1. The Kier molecular flexibility index (Phi) is 6.78. The van der Waals surface area contributed by atoms with Crippen LogP contribution in [-0.2, 0) is 9.53 Å². The second-order valence-corrected chi connectivity index (χ2v) is 7.19. The highest BCUT2D eigenvalue weighted by molar-refractivity contribution is 6.43. The number of aromatic nitrogens is 1. The molecule has 0 unspecified atom stereocenters. The van der Waals surface area contributed by atoms with Crippen molar-refractivity contribution in [3.05, 3.63) is 47.3 Å². The van der Waals surface area contributed by atoms with Crippen LogP contribution >= 0.6 is 0 Å². The number of hydrogen-bond acceptors (Lipinski definition) is 4. The summed E-state index contributed by atoms with van der Waals surface area (Å²) in [5.41, 5.74) is 1.97. The first-order chi connectivity index (χ1) is 13.2. The number of Topliss-reactive ketones (excluding diaryl/α,β-unsaturated/α-hetero) is 1. The molecule has 2 rings (SSSR count). The lowest BCUT2D eigenvalue weighted by molar-refractivity contribution is -0.129. The average molecular weight is 384 g/mol. The number of aromatic amines is 1. The summed E-state index contributed by atoms with van der Waals surface area (Å²) in [5, 5.41) is 0. The second kappa shape index (κ2) is 8.87. The molecule has 150 valence electrons. The molecular formula is C22H28N2O4. The zero-order valence-corrected chi connectivity index (χ0v) is 17.3. The third-order valence-electron chi connectivity index (χ3n) is 4.50. The average Bonchev–Trinajstić information content (AvgIpc) is 2.98. The van der Waals surface area contributed by atoms with Crippen molar-refractivity contribution in [2.24, 2.45) is 0 Å².